The highest BCUT2D eigenvalue weighted by Gasteiger charge is 2.04. The Morgan fingerprint density at radius 1 is 0.679 bits per heavy atom. The smallest absolute Gasteiger partial charge is 0.0953 e. The molecule has 0 aliphatic heterocycles. The number of azo groups is 2. The molecule has 4 rings (SSSR count). The number of nitrogens with two attached hydrogens (primary N) is 1. The number of hydrogen-bond donors (Lipinski definition) is 1. The van der Waals surface area contributed by atoms with Crippen LogP contribution in [0.15, 0.2) is 99.5 Å². The van der Waals surface area contributed by atoms with Crippen LogP contribution in [0.2, 0.25) is 0 Å². The van der Waals surface area contributed by atoms with Crippen LogP contribution in [0.4, 0.5) is 28.4 Å². The predicted octanol–water partition coefficient (Wildman–Crippen LogP) is 6.96. The van der Waals surface area contributed by atoms with Crippen molar-refractivity contribution < 1.29 is 0 Å². The molecule has 0 fully saturated rings. The number of anilines is 1. The van der Waals surface area contributed by atoms with E-state index >= 15 is 0 Å². The molecule has 2 N–H and O–H groups in total. The van der Waals surface area contributed by atoms with Crippen LogP contribution in [0.3, 0.4) is 0 Å². The molecule has 1 heterocycles. The van der Waals surface area contributed by atoms with Gasteiger partial charge in [0, 0.05) is 11.6 Å². The highest BCUT2D eigenvalue weighted by atomic mass is 15.1. The summed E-state index contributed by atoms with van der Waals surface area (Å²) in [7, 11) is 0. The van der Waals surface area contributed by atoms with Crippen LogP contribution in [0.1, 0.15) is 5.56 Å². The molecule has 6 nitrogen and oxygen atoms in total. The summed E-state index contributed by atoms with van der Waals surface area (Å²) in [6.07, 6.45) is 1.71. The van der Waals surface area contributed by atoms with Crippen LogP contribution in [-0.4, -0.2) is 4.98 Å². The minimum Gasteiger partial charge on any atom is -0.397 e. The third-order valence-corrected chi connectivity index (χ3v) is 4.22. The molecule has 6 heteroatoms. The number of pyridine rings is 1. The van der Waals surface area contributed by atoms with Crippen LogP contribution < -0.4 is 5.73 Å². The van der Waals surface area contributed by atoms with E-state index in [1.807, 2.05) is 73.7 Å². The average molecular weight is 366 g/mol. The lowest BCUT2D eigenvalue weighted by atomic mass is 10.1. The molecular formula is C22H18N6. The van der Waals surface area contributed by atoms with Crippen LogP contribution in [-0.2, 0) is 0 Å². The Kier molecular flexibility index (Phi) is 4.84. The summed E-state index contributed by atoms with van der Waals surface area (Å²) in [5.74, 6) is 0. The molecule has 1 aromatic heterocycles. The summed E-state index contributed by atoms with van der Waals surface area (Å²) in [6, 6.07) is 22.7. The molecule has 0 saturated heterocycles. The fourth-order valence-electron chi connectivity index (χ4n) is 2.69. The largest absolute Gasteiger partial charge is 0.397 e. The first-order chi connectivity index (χ1) is 13.7. The monoisotopic (exact) mass is 366 g/mol. The molecule has 0 unspecified atom stereocenters. The Morgan fingerprint density at radius 3 is 1.89 bits per heavy atom. The van der Waals surface area contributed by atoms with Gasteiger partial charge in [-0.25, -0.2) is 0 Å². The zero-order valence-electron chi connectivity index (χ0n) is 15.3. The van der Waals surface area contributed by atoms with E-state index in [1.165, 1.54) is 5.56 Å². The minimum absolute atomic E-state index is 0.623. The van der Waals surface area contributed by atoms with Crippen LogP contribution >= 0.6 is 0 Å². The molecule has 0 radical (unpaired) electrons. The third kappa shape index (κ3) is 3.91. The lowest BCUT2D eigenvalue weighted by Gasteiger charge is -2.03. The van der Waals surface area contributed by atoms with E-state index in [2.05, 4.69) is 25.4 Å². The van der Waals surface area contributed by atoms with Gasteiger partial charge in [0.05, 0.1) is 34.0 Å². The molecule has 28 heavy (non-hydrogen) atoms. The maximum Gasteiger partial charge on any atom is 0.0953 e. The van der Waals surface area contributed by atoms with Gasteiger partial charge in [0.15, 0.2) is 0 Å². The SMILES string of the molecule is Cc1ccc(N=Nc2ccc(N=Nc3ccc(N)c4ncccc34)cc2)cc1. The molecule has 0 atom stereocenters. The maximum absolute atomic E-state index is 5.97. The topological polar surface area (TPSA) is 88.3 Å². The van der Waals surface area contributed by atoms with Crippen molar-refractivity contribution in [1.82, 2.24) is 4.98 Å². The van der Waals surface area contributed by atoms with Crippen molar-refractivity contribution >= 4 is 39.3 Å². The number of hydrogen-bond acceptors (Lipinski definition) is 6. The van der Waals surface area contributed by atoms with Gasteiger partial charge in [-0.15, -0.1) is 5.11 Å². The zero-order chi connectivity index (χ0) is 19.3. The lowest BCUT2D eigenvalue weighted by molar-refractivity contribution is 1.21. The van der Waals surface area contributed by atoms with Gasteiger partial charge in [-0.2, -0.15) is 15.3 Å². The molecule has 0 saturated carbocycles. The standard InChI is InChI=1S/C22H18N6/c1-15-4-6-16(7-5-15)25-26-17-8-10-18(11-9-17)27-28-21-13-12-20(23)22-19(21)3-2-14-24-22/h2-14H,23H2,1H3. The zero-order valence-corrected chi connectivity index (χ0v) is 15.3. The second kappa shape index (κ2) is 7.75. The number of benzene rings is 3. The molecule has 4 aromatic rings. The molecule has 0 amide bonds. The highest BCUT2D eigenvalue weighted by molar-refractivity contribution is 5.97. The van der Waals surface area contributed by atoms with Crippen LogP contribution in [0.5, 0.6) is 0 Å². The number of fused-ring (bicyclic) bond motifs is 1. The van der Waals surface area contributed by atoms with Crippen molar-refractivity contribution in [1.29, 1.82) is 0 Å². The van der Waals surface area contributed by atoms with Crippen molar-refractivity contribution in [2.75, 3.05) is 5.73 Å². The van der Waals surface area contributed by atoms with E-state index in [1.54, 1.807) is 12.3 Å². The van der Waals surface area contributed by atoms with Crippen LogP contribution in [0.25, 0.3) is 10.9 Å². The number of nitrogens with zero attached hydrogens (tertiary/aromatic N) is 5. The Bertz CT molecular complexity index is 1160. The van der Waals surface area contributed by atoms with Crippen molar-refractivity contribution in [3.05, 3.63) is 84.6 Å². The molecular weight excluding hydrogens is 348 g/mol. The average Bonchev–Trinajstić information content (AvgIpc) is 2.74. The Morgan fingerprint density at radius 2 is 1.25 bits per heavy atom. The molecule has 0 bridgehead atoms. The highest BCUT2D eigenvalue weighted by Crippen LogP contribution is 2.30. The molecule has 0 spiro atoms. The van der Waals surface area contributed by atoms with Gasteiger partial charge < -0.3 is 5.73 Å². The van der Waals surface area contributed by atoms with Crippen molar-refractivity contribution in [3.8, 4) is 0 Å². The van der Waals surface area contributed by atoms with Crippen molar-refractivity contribution in [3.63, 3.8) is 0 Å². The van der Waals surface area contributed by atoms with Gasteiger partial charge >= 0.3 is 0 Å². The third-order valence-electron chi connectivity index (χ3n) is 4.22. The van der Waals surface area contributed by atoms with Crippen LogP contribution in [0, 0.1) is 6.92 Å². The van der Waals surface area contributed by atoms with E-state index in [4.69, 9.17) is 5.73 Å². The molecule has 136 valence electrons. The summed E-state index contributed by atoms with van der Waals surface area (Å²) in [5.41, 5.74) is 11.5. The Labute approximate surface area is 162 Å². The number of rotatable bonds is 4. The predicted molar refractivity (Wildman–Crippen MR) is 112 cm³/mol. The fraction of sp³-hybridized carbons (Fsp3) is 0.0455. The molecule has 0 aliphatic carbocycles. The van der Waals surface area contributed by atoms with E-state index in [0.29, 0.717) is 5.69 Å². The summed E-state index contributed by atoms with van der Waals surface area (Å²) in [6.45, 7) is 2.04. The van der Waals surface area contributed by atoms with Crippen molar-refractivity contribution in [2.24, 2.45) is 20.5 Å². The maximum atomic E-state index is 5.97. The summed E-state index contributed by atoms with van der Waals surface area (Å²) in [5, 5.41) is 18.0. The van der Waals surface area contributed by atoms with E-state index < -0.39 is 0 Å². The van der Waals surface area contributed by atoms with Gasteiger partial charge in [-0.1, -0.05) is 17.7 Å². The van der Waals surface area contributed by atoms with Crippen molar-refractivity contribution in [2.45, 2.75) is 6.92 Å². The van der Waals surface area contributed by atoms with Gasteiger partial charge in [0.25, 0.3) is 0 Å². The normalized spacial score (nSPS) is 11.6. The quantitative estimate of drug-likeness (QED) is 0.312. The molecule has 3 aromatic carbocycles. The second-order valence-corrected chi connectivity index (χ2v) is 6.33. The Hall–Kier alpha value is -3.93. The first-order valence-corrected chi connectivity index (χ1v) is 8.82. The van der Waals surface area contributed by atoms with Gasteiger partial charge in [-0.3, -0.25) is 4.98 Å². The van der Waals surface area contributed by atoms with E-state index in [9.17, 15) is 0 Å². The Balaban J connectivity index is 1.52. The van der Waals surface area contributed by atoms with E-state index in [0.717, 1.165) is 33.7 Å². The lowest BCUT2D eigenvalue weighted by Crippen LogP contribution is -1.88. The summed E-state index contributed by atoms with van der Waals surface area (Å²) in [4.78, 5) is 4.31. The van der Waals surface area contributed by atoms with Gasteiger partial charge in [0.1, 0.15) is 0 Å². The van der Waals surface area contributed by atoms with Gasteiger partial charge in [0.2, 0.25) is 0 Å². The summed E-state index contributed by atoms with van der Waals surface area (Å²) < 4.78 is 0. The fourth-order valence-corrected chi connectivity index (χ4v) is 2.69. The first kappa shape index (κ1) is 17.5. The number of nitrogen functional groups attached to an aromatic ring is 1. The second-order valence-electron chi connectivity index (χ2n) is 6.33. The van der Waals surface area contributed by atoms with E-state index in [-0.39, 0.29) is 0 Å². The number of aryl methyl sites for hydroxylation is 1. The molecule has 0 aliphatic rings. The number of aromatic nitrogens is 1. The summed E-state index contributed by atoms with van der Waals surface area (Å²) >= 11 is 0. The van der Waals surface area contributed by atoms with Gasteiger partial charge in [-0.05, 0) is 67.6 Å². The first-order valence-electron chi connectivity index (χ1n) is 8.82. The minimum atomic E-state index is 0.623.